The predicted molar refractivity (Wildman–Crippen MR) is 73.7 cm³/mol. The van der Waals surface area contributed by atoms with E-state index < -0.39 is 0 Å². The minimum atomic E-state index is 0.0459. The Morgan fingerprint density at radius 2 is 2.00 bits per heavy atom. The Morgan fingerprint density at radius 3 is 2.78 bits per heavy atom. The molecule has 98 valence electrons. The third kappa shape index (κ3) is 2.26. The van der Waals surface area contributed by atoms with Crippen molar-refractivity contribution in [3.8, 4) is 5.75 Å². The molecule has 0 spiro atoms. The maximum atomic E-state index is 6.39. The van der Waals surface area contributed by atoms with Crippen LogP contribution in [0, 0.1) is 5.92 Å². The molecule has 0 radical (unpaired) electrons. The first-order valence-corrected chi connectivity index (χ1v) is 7.17. The summed E-state index contributed by atoms with van der Waals surface area (Å²) in [6.45, 7) is 6.57. The van der Waals surface area contributed by atoms with Gasteiger partial charge in [0.1, 0.15) is 11.4 Å². The van der Waals surface area contributed by atoms with Crippen LogP contribution in [0.15, 0.2) is 18.2 Å². The van der Waals surface area contributed by atoms with Gasteiger partial charge in [-0.2, -0.15) is 0 Å². The van der Waals surface area contributed by atoms with E-state index in [0.717, 1.165) is 24.8 Å². The van der Waals surface area contributed by atoms with E-state index >= 15 is 0 Å². The van der Waals surface area contributed by atoms with E-state index in [1.165, 1.54) is 36.8 Å². The molecular weight excluding hydrogens is 222 g/mol. The Hall–Kier alpha value is -1.02. The Labute approximate surface area is 110 Å². The summed E-state index contributed by atoms with van der Waals surface area (Å²) >= 11 is 0. The van der Waals surface area contributed by atoms with E-state index in [-0.39, 0.29) is 5.60 Å². The van der Waals surface area contributed by atoms with E-state index in [1.807, 2.05) is 0 Å². The number of ether oxygens (including phenoxy) is 1. The van der Waals surface area contributed by atoms with Gasteiger partial charge in [0, 0.05) is 18.7 Å². The SMILES string of the molecule is CC1CCC(C)(Oc2cccc3c2CNC3)CC1. The molecular formula is C16H23NO. The van der Waals surface area contributed by atoms with Gasteiger partial charge in [0.05, 0.1) is 0 Å². The minimum Gasteiger partial charge on any atom is -0.487 e. The Bertz CT molecular complexity index is 433. The average Bonchev–Trinajstić information content (AvgIpc) is 2.83. The molecule has 0 amide bonds. The highest BCUT2D eigenvalue weighted by Gasteiger charge is 2.32. The van der Waals surface area contributed by atoms with Gasteiger partial charge < -0.3 is 10.1 Å². The lowest BCUT2D eigenvalue weighted by Crippen LogP contribution is -2.36. The van der Waals surface area contributed by atoms with E-state index in [2.05, 4.69) is 37.4 Å². The minimum absolute atomic E-state index is 0.0459. The molecule has 0 bridgehead atoms. The number of benzene rings is 1. The van der Waals surface area contributed by atoms with Crippen molar-refractivity contribution in [1.82, 2.24) is 5.32 Å². The largest absolute Gasteiger partial charge is 0.487 e. The summed E-state index contributed by atoms with van der Waals surface area (Å²) < 4.78 is 6.39. The summed E-state index contributed by atoms with van der Waals surface area (Å²) in [5, 5.41) is 3.40. The number of rotatable bonds is 2. The molecule has 1 fully saturated rings. The molecule has 0 unspecified atom stereocenters. The molecule has 0 aromatic heterocycles. The summed E-state index contributed by atoms with van der Waals surface area (Å²) in [6, 6.07) is 6.46. The topological polar surface area (TPSA) is 21.3 Å². The second kappa shape index (κ2) is 4.58. The van der Waals surface area contributed by atoms with Gasteiger partial charge in [-0.05, 0) is 50.2 Å². The average molecular weight is 245 g/mol. The van der Waals surface area contributed by atoms with Crippen LogP contribution in [0.4, 0.5) is 0 Å². The molecule has 3 rings (SSSR count). The van der Waals surface area contributed by atoms with Gasteiger partial charge in [0.25, 0.3) is 0 Å². The first kappa shape index (κ1) is 12.0. The van der Waals surface area contributed by atoms with Crippen molar-refractivity contribution in [2.24, 2.45) is 5.92 Å². The van der Waals surface area contributed by atoms with Crippen LogP contribution in [0.1, 0.15) is 50.7 Å². The van der Waals surface area contributed by atoms with Gasteiger partial charge in [0.15, 0.2) is 0 Å². The van der Waals surface area contributed by atoms with Crippen molar-refractivity contribution in [2.45, 2.75) is 58.2 Å². The lowest BCUT2D eigenvalue weighted by Gasteiger charge is -2.37. The number of fused-ring (bicyclic) bond motifs is 1. The Morgan fingerprint density at radius 1 is 1.22 bits per heavy atom. The van der Waals surface area contributed by atoms with Crippen molar-refractivity contribution in [1.29, 1.82) is 0 Å². The van der Waals surface area contributed by atoms with Gasteiger partial charge >= 0.3 is 0 Å². The van der Waals surface area contributed by atoms with Crippen molar-refractivity contribution >= 4 is 0 Å². The molecule has 1 aromatic carbocycles. The molecule has 0 atom stereocenters. The lowest BCUT2D eigenvalue weighted by molar-refractivity contribution is 0.0345. The molecule has 1 heterocycles. The van der Waals surface area contributed by atoms with Crippen molar-refractivity contribution in [3.63, 3.8) is 0 Å². The van der Waals surface area contributed by atoms with Gasteiger partial charge in [-0.25, -0.2) is 0 Å². The van der Waals surface area contributed by atoms with Crippen LogP contribution in [0.3, 0.4) is 0 Å². The van der Waals surface area contributed by atoms with Crippen molar-refractivity contribution in [2.75, 3.05) is 0 Å². The molecule has 2 aliphatic rings. The van der Waals surface area contributed by atoms with E-state index in [1.54, 1.807) is 0 Å². The molecule has 2 heteroatoms. The fourth-order valence-electron chi connectivity index (χ4n) is 3.14. The van der Waals surface area contributed by atoms with Gasteiger partial charge in [0.2, 0.25) is 0 Å². The summed E-state index contributed by atoms with van der Waals surface area (Å²) in [4.78, 5) is 0. The molecule has 1 aliphatic heterocycles. The van der Waals surface area contributed by atoms with Crippen LogP contribution in [-0.4, -0.2) is 5.60 Å². The molecule has 1 N–H and O–H groups in total. The molecule has 18 heavy (non-hydrogen) atoms. The zero-order valence-electron chi connectivity index (χ0n) is 11.5. The normalized spacial score (nSPS) is 31.1. The first-order chi connectivity index (χ1) is 8.66. The summed E-state index contributed by atoms with van der Waals surface area (Å²) in [5.41, 5.74) is 2.82. The fraction of sp³-hybridized carbons (Fsp3) is 0.625. The van der Waals surface area contributed by atoms with Gasteiger partial charge in [-0.15, -0.1) is 0 Å². The van der Waals surface area contributed by atoms with E-state index in [0.29, 0.717) is 0 Å². The molecule has 0 saturated heterocycles. The van der Waals surface area contributed by atoms with Gasteiger partial charge in [-0.3, -0.25) is 0 Å². The Balaban J connectivity index is 1.78. The lowest BCUT2D eigenvalue weighted by atomic mass is 9.80. The Kier molecular flexibility index (Phi) is 3.06. The number of hydrogen-bond donors (Lipinski definition) is 1. The summed E-state index contributed by atoms with van der Waals surface area (Å²) in [6.07, 6.45) is 4.96. The van der Waals surface area contributed by atoms with Crippen LogP contribution in [-0.2, 0) is 13.1 Å². The first-order valence-electron chi connectivity index (χ1n) is 7.17. The second-order valence-corrected chi connectivity index (χ2v) is 6.23. The van der Waals surface area contributed by atoms with Crippen LogP contribution >= 0.6 is 0 Å². The third-order valence-corrected chi connectivity index (χ3v) is 4.54. The zero-order valence-corrected chi connectivity index (χ0v) is 11.5. The maximum absolute atomic E-state index is 6.39. The zero-order chi connectivity index (χ0) is 12.6. The van der Waals surface area contributed by atoms with Crippen molar-refractivity contribution < 1.29 is 4.74 Å². The summed E-state index contributed by atoms with van der Waals surface area (Å²) in [7, 11) is 0. The van der Waals surface area contributed by atoms with Gasteiger partial charge in [-0.1, -0.05) is 19.1 Å². The highest BCUT2D eigenvalue weighted by molar-refractivity contribution is 5.42. The summed E-state index contributed by atoms with van der Waals surface area (Å²) in [5.74, 6) is 1.97. The van der Waals surface area contributed by atoms with E-state index in [4.69, 9.17) is 4.74 Å². The van der Waals surface area contributed by atoms with Crippen LogP contribution < -0.4 is 10.1 Å². The second-order valence-electron chi connectivity index (χ2n) is 6.23. The molecule has 1 aliphatic carbocycles. The highest BCUT2D eigenvalue weighted by atomic mass is 16.5. The standard InChI is InChI=1S/C16H23NO/c1-12-6-8-16(2,9-7-12)18-15-5-3-4-13-10-17-11-14(13)15/h3-5,12,17H,6-11H2,1-2H3. The van der Waals surface area contributed by atoms with Crippen molar-refractivity contribution in [3.05, 3.63) is 29.3 Å². The number of hydrogen-bond acceptors (Lipinski definition) is 2. The van der Waals surface area contributed by atoms with Crippen LogP contribution in [0.25, 0.3) is 0 Å². The van der Waals surface area contributed by atoms with Crippen LogP contribution in [0.5, 0.6) is 5.75 Å². The maximum Gasteiger partial charge on any atom is 0.124 e. The monoisotopic (exact) mass is 245 g/mol. The molecule has 1 saturated carbocycles. The van der Waals surface area contributed by atoms with Crippen LogP contribution in [0.2, 0.25) is 0 Å². The van der Waals surface area contributed by atoms with E-state index in [9.17, 15) is 0 Å². The third-order valence-electron chi connectivity index (χ3n) is 4.54. The number of nitrogens with one attached hydrogen (secondary N) is 1. The predicted octanol–water partition coefficient (Wildman–Crippen LogP) is 3.64. The quantitative estimate of drug-likeness (QED) is 0.859. The highest BCUT2D eigenvalue weighted by Crippen LogP contribution is 2.37. The smallest absolute Gasteiger partial charge is 0.124 e. The fourth-order valence-corrected chi connectivity index (χ4v) is 3.14. The molecule has 2 nitrogen and oxygen atoms in total. The molecule has 1 aromatic rings.